The standard InChI is InChI=1S/C27H25IN8OS/c1-27(2,3)37-34-23-15(11-29)12-30-24-19(23)9-16(10-20(24)28)32-25(22-13-36(35-33-22)17-7-8-17)18-5-4-6-21-26(18)38-14-31-21/h4-6,9-10,12-14,17,25,32H,7-8H2,1-3H3,(H,30,34). The predicted octanol–water partition coefficient (Wildman–Crippen LogP) is 6.59. The number of rotatable bonds is 7. The van der Waals surface area contributed by atoms with Crippen molar-refractivity contribution in [3.8, 4) is 6.07 Å². The summed E-state index contributed by atoms with van der Waals surface area (Å²) in [5.41, 5.74) is 9.99. The zero-order chi connectivity index (χ0) is 26.4. The largest absolute Gasteiger partial charge is 0.373 e. The molecule has 0 spiro atoms. The van der Waals surface area contributed by atoms with E-state index >= 15 is 0 Å². The Kier molecular flexibility index (Phi) is 6.41. The maximum Gasteiger partial charge on any atom is 0.110 e. The fraction of sp³-hybridized carbons (Fsp3) is 0.296. The van der Waals surface area contributed by atoms with Gasteiger partial charge in [-0.15, -0.1) is 16.4 Å². The van der Waals surface area contributed by atoms with E-state index in [9.17, 15) is 5.26 Å². The molecule has 0 radical (unpaired) electrons. The second kappa shape index (κ2) is 9.76. The zero-order valence-corrected chi connectivity index (χ0v) is 24.0. The van der Waals surface area contributed by atoms with Crippen molar-refractivity contribution in [2.24, 2.45) is 0 Å². The number of nitrogens with one attached hydrogen (secondary N) is 2. The van der Waals surface area contributed by atoms with E-state index < -0.39 is 5.60 Å². The molecule has 1 saturated carbocycles. The van der Waals surface area contributed by atoms with Crippen LogP contribution >= 0.6 is 33.9 Å². The molecule has 38 heavy (non-hydrogen) atoms. The van der Waals surface area contributed by atoms with Crippen LogP contribution in [-0.4, -0.2) is 30.6 Å². The van der Waals surface area contributed by atoms with Crippen LogP contribution in [0.2, 0.25) is 0 Å². The van der Waals surface area contributed by atoms with Gasteiger partial charge < -0.3 is 5.32 Å². The van der Waals surface area contributed by atoms with Crippen molar-refractivity contribution < 1.29 is 4.84 Å². The molecule has 11 heteroatoms. The average Bonchev–Trinajstić information content (AvgIpc) is 3.41. The SMILES string of the molecule is CC(C)(C)ONc1c(C#N)cnc2c(I)cc(NC(c3cn(C4CC4)nn3)c3cccc4ncsc34)cc12. The number of fused-ring (bicyclic) bond motifs is 2. The van der Waals surface area contributed by atoms with E-state index in [0.29, 0.717) is 17.3 Å². The lowest BCUT2D eigenvalue weighted by molar-refractivity contribution is 0.0377. The molecule has 5 aromatic rings. The fourth-order valence-corrected chi connectivity index (χ4v) is 5.90. The normalized spacial score (nSPS) is 14.5. The molecule has 1 atom stereocenters. The van der Waals surface area contributed by atoms with Crippen LogP contribution in [0.3, 0.4) is 0 Å². The Hall–Kier alpha value is -3.34. The highest BCUT2D eigenvalue weighted by Gasteiger charge is 2.28. The summed E-state index contributed by atoms with van der Waals surface area (Å²) in [7, 11) is 0. The van der Waals surface area contributed by atoms with E-state index in [1.807, 2.05) is 55.4 Å². The predicted molar refractivity (Wildman–Crippen MR) is 157 cm³/mol. The molecule has 1 unspecified atom stereocenters. The Bertz CT molecular complexity index is 1700. The van der Waals surface area contributed by atoms with Gasteiger partial charge in [-0.1, -0.05) is 17.3 Å². The van der Waals surface area contributed by atoms with Crippen LogP contribution in [0.5, 0.6) is 0 Å². The van der Waals surface area contributed by atoms with Crippen molar-refractivity contribution >= 4 is 66.4 Å². The third-order valence-electron chi connectivity index (χ3n) is 6.26. The molecule has 0 aliphatic heterocycles. The van der Waals surface area contributed by atoms with Gasteiger partial charge in [-0.05, 0) is 80.0 Å². The van der Waals surface area contributed by atoms with Crippen molar-refractivity contribution in [1.82, 2.24) is 25.0 Å². The van der Waals surface area contributed by atoms with E-state index in [2.05, 4.69) is 71.9 Å². The van der Waals surface area contributed by atoms with E-state index in [-0.39, 0.29) is 6.04 Å². The summed E-state index contributed by atoms with van der Waals surface area (Å²) in [6, 6.07) is 12.6. The Morgan fingerprint density at radius 2 is 2.08 bits per heavy atom. The monoisotopic (exact) mass is 636 g/mol. The molecule has 2 N–H and O–H groups in total. The van der Waals surface area contributed by atoms with Crippen LogP contribution in [0, 0.1) is 14.9 Å². The molecule has 6 rings (SSSR count). The quantitative estimate of drug-likeness (QED) is 0.152. The van der Waals surface area contributed by atoms with Crippen molar-refractivity contribution in [2.45, 2.75) is 51.3 Å². The number of benzene rings is 2. The van der Waals surface area contributed by atoms with Crippen LogP contribution in [0.15, 0.2) is 48.2 Å². The van der Waals surface area contributed by atoms with Gasteiger partial charge in [-0.2, -0.15) is 5.26 Å². The lowest BCUT2D eigenvalue weighted by Gasteiger charge is -2.22. The maximum atomic E-state index is 9.80. The van der Waals surface area contributed by atoms with Crippen LogP contribution in [0.25, 0.3) is 21.1 Å². The molecule has 2 aromatic carbocycles. The van der Waals surface area contributed by atoms with Gasteiger partial charge in [0.2, 0.25) is 0 Å². The Morgan fingerprint density at radius 3 is 2.84 bits per heavy atom. The molecule has 3 aromatic heterocycles. The topological polar surface area (TPSA) is 114 Å². The average molecular weight is 637 g/mol. The Labute approximate surface area is 237 Å². The van der Waals surface area contributed by atoms with Crippen LogP contribution in [0.1, 0.15) is 62.5 Å². The van der Waals surface area contributed by atoms with Crippen molar-refractivity contribution in [3.05, 3.63) is 68.6 Å². The summed E-state index contributed by atoms with van der Waals surface area (Å²) in [5, 5.41) is 23.3. The van der Waals surface area contributed by atoms with Gasteiger partial charge in [-0.3, -0.25) is 15.3 Å². The maximum absolute atomic E-state index is 9.80. The van der Waals surface area contributed by atoms with Crippen molar-refractivity contribution in [3.63, 3.8) is 0 Å². The second-order valence-electron chi connectivity index (χ2n) is 10.3. The first kappa shape index (κ1) is 25.0. The number of aromatic nitrogens is 5. The van der Waals surface area contributed by atoms with Crippen LogP contribution < -0.4 is 10.8 Å². The summed E-state index contributed by atoms with van der Waals surface area (Å²) in [6.07, 6.45) is 5.89. The highest BCUT2D eigenvalue weighted by molar-refractivity contribution is 14.1. The molecule has 192 valence electrons. The lowest BCUT2D eigenvalue weighted by Crippen LogP contribution is -2.23. The molecule has 9 nitrogen and oxygen atoms in total. The van der Waals surface area contributed by atoms with E-state index in [1.54, 1.807) is 17.5 Å². The fourth-order valence-electron chi connectivity index (χ4n) is 4.30. The highest BCUT2D eigenvalue weighted by atomic mass is 127. The number of nitrogens with zero attached hydrogens (tertiary/aromatic N) is 6. The van der Waals surface area contributed by atoms with Gasteiger partial charge in [0.1, 0.15) is 11.8 Å². The van der Waals surface area contributed by atoms with Gasteiger partial charge in [0.05, 0.1) is 56.4 Å². The molecule has 1 aliphatic rings. The number of pyridine rings is 1. The first-order valence-corrected chi connectivity index (χ1v) is 14.2. The van der Waals surface area contributed by atoms with E-state index in [1.165, 1.54) is 0 Å². The third kappa shape index (κ3) is 4.91. The summed E-state index contributed by atoms with van der Waals surface area (Å²) in [6.45, 7) is 5.85. The van der Waals surface area contributed by atoms with Crippen LogP contribution in [-0.2, 0) is 4.84 Å². The summed E-state index contributed by atoms with van der Waals surface area (Å²) >= 11 is 3.90. The minimum Gasteiger partial charge on any atom is -0.373 e. The highest BCUT2D eigenvalue weighted by Crippen LogP contribution is 2.38. The molecule has 0 bridgehead atoms. The number of thiazole rings is 1. The first-order chi connectivity index (χ1) is 18.3. The second-order valence-corrected chi connectivity index (χ2v) is 12.3. The zero-order valence-electron chi connectivity index (χ0n) is 21.1. The lowest BCUT2D eigenvalue weighted by atomic mass is 10.0. The molecular weight excluding hydrogens is 611 g/mol. The number of anilines is 2. The minimum atomic E-state index is -0.447. The number of hydrogen-bond donors (Lipinski definition) is 2. The van der Waals surface area contributed by atoms with E-state index in [0.717, 1.165) is 54.5 Å². The third-order valence-corrected chi connectivity index (χ3v) is 7.97. The molecule has 1 aliphatic carbocycles. The van der Waals surface area contributed by atoms with Gasteiger partial charge in [0, 0.05) is 20.8 Å². The molecule has 3 heterocycles. The number of nitriles is 1. The Morgan fingerprint density at radius 1 is 1.24 bits per heavy atom. The molecule has 0 saturated heterocycles. The van der Waals surface area contributed by atoms with Crippen molar-refractivity contribution in [2.75, 3.05) is 10.8 Å². The number of hydrogen-bond acceptors (Lipinski definition) is 9. The minimum absolute atomic E-state index is 0.255. The van der Waals surface area contributed by atoms with Gasteiger partial charge >= 0.3 is 0 Å². The Balaban J connectivity index is 1.46. The summed E-state index contributed by atoms with van der Waals surface area (Å²) in [4.78, 5) is 14.9. The molecular formula is C27H25IN8OS. The summed E-state index contributed by atoms with van der Waals surface area (Å²) < 4.78 is 4.02. The van der Waals surface area contributed by atoms with Gasteiger partial charge in [0.25, 0.3) is 0 Å². The first-order valence-electron chi connectivity index (χ1n) is 12.3. The van der Waals surface area contributed by atoms with Crippen LogP contribution in [0.4, 0.5) is 11.4 Å². The summed E-state index contributed by atoms with van der Waals surface area (Å²) in [5.74, 6) is 0. The van der Waals surface area contributed by atoms with Gasteiger partial charge in [0.15, 0.2) is 0 Å². The molecule has 0 amide bonds. The number of halogens is 1. The smallest absolute Gasteiger partial charge is 0.110 e. The molecule has 1 fully saturated rings. The van der Waals surface area contributed by atoms with Gasteiger partial charge in [-0.25, -0.2) is 9.67 Å². The van der Waals surface area contributed by atoms with Crippen molar-refractivity contribution in [1.29, 1.82) is 5.26 Å². The van der Waals surface area contributed by atoms with E-state index in [4.69, 9.17) is 4.84 Å².